The number of benzene rings is 8. The van der Waals surface area contributed by atoms with Gasteiger partial charge in [0, 0.05) is 54.2 Å². The number of anilines is 6. The van der Waals surface area contributed by atoms with Gasteiger partial charge in [-0.3, -0.25) is 0 Å². The monoisotopic (exact) mass is 846 g/mol. The molecule has 3 heterocycles. The fourth-order valence-corrected chi connectivity index (χ4v) is 11.3. The summed E-state index contributed by atoms with van der Waals surface area (Å²) in [6, 6.07) is 64.8. The van der Waals surface area contributed by atoms with Gasteiger partial charge in [-0.15, -0.1) is 11.3 Å². The molecular weight excluding hydrogens is 792 g/mol. The van der Waals surface area contributed by atoms with Gasteiger partial charge in [-0.25, -0.2) is 0 Å². The van der Waals surface area contributed by atoms with Crippen LogP contribution in [0.1, 0.15) is 79.0 Å². The summed E-state index contributed by atoms with van der Waals surface area (Å²) in [5.41, 5.74) is 20.2. The number of hydrogen-bond donors (Lipinski definition) is 0. The smallest absolute Gasteiger partial charge is 0.252 e. The largest absolute Gasteiger partial charge is 0.311 e. The molecule has 0 saturated carbocycles. The zero-order valence-corrected chi connectivity index (χ0v) is 39.4. The van der Waals surface area contributed by atoms with E-state index in [0.717, 1.165) is 5.69 Å². The predicted octanol–water partition coefficient (Wildman–Crippen LogP) is 15.4. The van der Waals surface area contributed by atoms with E-state index in [1.165, 1.54) is 104 Å². The molecule has 0 amide bonds. The Morgan fingerprint density at radius 3 is 1.58 bits per heavy atom. The fraction of sp³-hybridized carbons (Fsp3) is 0.200. The summed E-state index contributed by atoms with van der Waals surface area (Å²) in [4.78, 5) is 5.14. The van der Waals surface area contributed by atoms with E-state index in [2.05, 4.69) is 242 Å². The topological polar surface area (TPSA) is 6.48 Å². The molecule has 0 saturated heterocycles. The van der Waals surface area contributed by atoms with E-state index in [1.807, 2.05) is 11.3 Å². The first-order chi connectivity index (χ1) is 30.6. The average Bonchev–Trinajstić information content (AvgIpc) is 3.66. The summed E-state index contributed by atoms with van der Waals surface area (Å²) in [6.45, 7) is 21.0. The van der Waals surface area contributed by atoms with Crippen LogP contribution in [0.25, 0.3) is 42.4 Å². The van der Waals surface area contributed by atoms with Crippen molar-refractivity contribution in [1.82, 2.24) is 0 Å². The minimum absolute atomic E-state index is 0.00466. The van der Waals surface area contributed by atoms with Crippen LogP contribution in [0.4, 0.5) is 34.1 Å². The van der Waals surface area contributed by atoms with Gasteiger partial charge < -0.3 is 9.80 Å². The fourth-order valence-electron chi connectivity index (χ4n) is 10.2. The Bertz CT molecular complexity index is 3280. The van der Waals surface area contributed by atoms with Crippen molar-refractivity contribution in [3.05, 3.63) is 187 Å². The van der Waals surface area contributed by atoms with Gasteiger partial charge in [0.15, 0.2) is 0 Å². The third-order valence-corrected chi connectivity index (χ3v) is 14.9. The van der Waals surface area contributed by atoms with Gasteiger partial charge >= 0.3 is 0 Å². The van der Waals surface area contributed by atoms with Crippen LogP contribution in [-0.4, -0.2) is 6.71 Å². The molecule has 0 atom stereocenters. The van der Waals surface area contributed by atoms with Crippen LogP contribution in [0.5, 0.6) is 0 Å². The molecule has 0 fully saturated rings. The Balaban J connectivity index is 1.14. The van der Waals surface area contributed by atoms with Crippen molar-refractivity contribution in [3.8, 4) is 22.3 Å². The summed E-state index contributed by atoms with van der Waals surface area (Å²) in [5, 5.41) is 2.66. The molecule has 2 aliphatic heterocycles. The van der Waals surface area contributed by atoms with E-state index in [9.17, 15) is 0 Å². The molecular formula is C60H55BN2S. The Morgan fingerprint density at radius 2 is 0.922 bits per heavy atom. The first-order valence-corrected chi connectivity index (χ1v) is 23.7. The second kappa shape index (κ2) is 14.6. The highest BCUT2D eigenvalue weighted by Crippen LogP contribution is 2.48. The molecule has 4 heteroatoms. The Hall–Kier alpha value is -6.36. The number of rotatable bonds is 4. The van der Waals surface area contributed by atoms with Crippen LogP contribution in [0.2, 0.25) is 0 Å². The highest BCUT2D eigenvalue weighted by molar-refractivity contribution is 7.25. The van der Waals surface area contributed by atoms with Crippen LogP contribution in [0.15, 0.2) is 170 Å². The van der Waals surface area contributed by atoms with Crippen molar-refractivity contribution in [2.24, 2.45) is 0 Å². The Labute approximate surface area is 383 Å². The standard InChI is InChI=1S/C60H55BN2S/c1-58(2,3)41-27-33-50(47(35-41)39-16-11-10-12-17-39)63-52-20-15-19-51-57(52)61(49-32-26-43(37-54(49)63)60(7,8)9)48-31-25-42(59(4,5)6)36-53(48)62(51)44-28-22-38(23-29-44)40-24-30-46-45-18-13-14-21-55(45)64-56(46)34-40/h10-37H,1-9H3. The first kappa shape index (κ1) is 40.4. The average molecular weight is 847 g/mol. The predicted molar refractivity (Wildman–Crippen MR) is 280 cm³/mol. The number of nitrogens with zero attached hydrogens (tertiary/aromatic N) is 2. The van der Waals surface area contributed by atoms with Gasteiger partial charge in [-0.1, -0.05) is 172 Å². The molecule has 2 aliphatic rings. The summed E-state index contributed by atoms with van der Waals surface area (Å²) < 4.78 is 2.66. The van der Waals surface area contributed by atoms with Crippen molar-refractivity contribution in [2.75, 3.05) is 9.80 Å². The molecule has 0 spiro atoms. The lowest BCUT2D eigenvalue weighted by Crippen LogP contribution is -2.61. The lowest BCUT2D eigenvalue weighted by molar-refractivity contribution is 0.590. The van der Waals surface area contributed by atoms with Crippen LogP contribution in [0.3, 0.4) is 0 Å². The highest BCUT2D eigenvalue weighted by atomic mass is 32.1. The third kappa shape index (κ3) is 6.60. The summed E-state index contributed by atoms with van der Waals surface area (Å²) in [6.07, 6.45) is 0. The summed E-state index contributed by atoms with van der Waals surface area (Å²) >= 11 is 1.88. The molecule has 11 rings (SSSR count). The van der Waals surface area contributed by atoms with E-state index in [1.54, 1.807) is 0 Å². The minimum atomic E-state index is -0.0279. The molecule has 0 N–H and O–H groups in total. The summed E-state index contributed by atoms with van der Waals surface area (Å²) in [5.74, 6) is 0. The van der Waals surface area contributed by atoms with Gasteiger partial charge in [0.25, 0.3) is 6.71 Å². The van der Waals surface area contributed by atoms with Crippen molar-refractivity contribution < 1.29 is 0 Å². The molecule has 1 aromatic heterocycles. The lowest BCUT2D eigenvalue weighted by Gasteiger charge is -2.45. The van der Waals surface area contributed by atoms with E-state index in [-0.39, 0.29) is 23.0 Å². The van der Waals surface area contributed by atoms with Gasteiger partial charge in [-0.2, -0.15) is 0 Å². The summed E-state index contributed by atoms with van der Waals surface area (Å²) in [7, 11) is 0. The highest BCUT2D eigenvalue weighted by Gasteiger charge is 2.44. The van der Waals surface area contributed by atoms with Crippen molar-refractivity contribution in [2.45, 2.75) is 78.6 Å². The van der Waals surface area contributed by atoms with Crippen LogP contribution < -0.4 is 26.2 Å². The van der Waals surface area contributed by atoms with Gasteiger partial charge in [0.1, 0.15) is 0 Å². The van der Waals surface area contributed by atoms with E-state index in [4.69, 9.17) is 0 Å². The second-order valence-electron chi connectivity index (χ2n) is 21.1. The van der Waals surface area contributed by atoms with Gasteiger partial charge in [-0.05, 0) is 127 Å². The minimum Gasteiger partial charge on any atom is -0.311 e. The normalized spacial score (nSPS) is 13.6. The first-order valence-electron chi connectivity index (χ1n) is 22.9. The maximum Gasteiger partial charge on any atom is 0.252 e. The van der Waals surface area contributed by atoms with Crippen molar-refractivity contribution in [3.63, 3.8) is 0 Å². The molecule has 0 unspecified atom stereocenters. The molecule has 2 nitrogen and oxygen atoms in total. The quantitative estimate of drug-likeness (QED) is 0.163. The zero-order valence-electron chi connectivity index (χ0n) is 38.5. The zero-order chi connectivity index (χ0) is 44.3. The van der Waals surface area contributed by atoms with Crippen molar-refractivity contribution in [1.29, 1.82) is 0 Å². The molecule has 314 valence electrons. The van der Waals surface area contributed by atoms with E-state index < -0.39 is 0 Å². The maximum atomic E-state index is 2.59. The van der Waals surface area contributed by atoms with Crippen LogP contribution in [0, 0.1) is 0 Å². The van der Waals surface area contributed by atoms with Crippen LogP contribution in [-0.2, 0) is 16.2 Å². The molecule has 0 aliphatic carbocycles. The maximum absolute atomic E-state index is 2.59. The molecule has 0 radical (unpaired) electrons. The number of thiophene rings is 1. The van der Waals surface area contributed by atoms with Gasteiger partial charge in [0.05, 0.1) is 5.69 Å². The Kier molecular flexibility index (Phi) is 9.21. The molecule has 8 aromatic carbocycles. The van der Waals surface area contributed by atoms with E-state index in [0.29, 0.717) is 0 Å². The van der Waals surface area contributed by atoms with Crippen LogP contribution >= 0.6 is 11.3 Å². The molecule has 64 heavy (non-hydrogen) atoms. The third-order valence-electron chi connectivity index (χ3n) is 13.8. The second-order valence-corrected chi connectivity index (χ2v) is 22.1. The SMILES string of the molecule is CC(C)(C)c1ccc(N2c3cc(C(C)(C)C)ccc3B3c4ccc(C(C)(C)C)cc4N(c4ccc(-c5ccc6c(c5)sc5ccccc56)cc4)c4cccc2c43)c(-c2ccccc2)c1. The van der Waals surface area contributed by atoms with Gasteiger partial charge in [0.2, 0.25) is 0 Å². The number of hydrogen-bond acceptors (Lipinski definition) is 3. The molecule has 9 aromatic rings. The van der Waals surface area contributed by atoms with E-state index >= 15 is 0 Å². The Morgan fingerprint density at radius 1 is 0.375 bits per heavy atom. The number of fused-ring (bicyclic) bond motifs is 7. The lowest BCUT2D eigenvalue weighted by atomic mass is 9.33. The molecule has 0 bridgehead atoms. The van der Waals surface area contributed by atoms with Crippen molar-refractivity contribution >= 4 is 88.7 Å².